The third kappa shape index (κ3) is 2.80. The molecule has 0 bridgehead atoms. The molecule has 1 aromatic carbocycles. The molecule has 0 aliphatic rings. The lowest BCUT2D eigenvalue weighted by molar-refractivity contribution is -0.384. The van der Waals surface area contributed by atoms with Gasteiger partial charge >= 0.3 is 0 Å². The van der Waals surface area contributed by atoms with Crippen LogP contribution < -0.4 is 5.32 Å². The molecule has 0 amide bonds. The maximum Gasteiger partial charge on any atom is 0.292 e. The van der Waals surface area contributed by atoms with Crippen LogP contribution in [0.15, 0.2) is 30.9 Å². The van der Waals surface area contributed by atoms with Crippen LogP contribution >= 0.6 is 0 Å². The van der Waals surface area contributed by atoms with Crippen LogP contribution in [-0.4, -0.2) is 11.5 Å². The van der Waals surface area contributed by atoms with Crippen LogP contribution in [0.25, 0.3) is 0 Å². The second kappa shape index (κ2) is 5.14. The molecule has 0 spiro atoms. The molecule has 0 fully saturated rings. The van der Waals surface area contributed by atoms with Crippen LogP contribution in [-0.2, 0) is 0 Å². The molecule has 0 aliphatic carbocycles. The Bertz CT molecular complexity index is 375. The molecule has 0 saturated carbocycles. The maximum absolute atomic E-state index is 10.8. The fourth-order valence-corrected chi connectivity index (χ4v) is 1.33. The van der Waals surface area contributed by atoms with Gasteiger partial charge in [-0.1, -0.05) is 18.2 Å². The van der Waals surface area contributed by atoms with Crippen molar-refractivity contribution < 1.29 is 4.92 Å². The van der Waals surface area contributed by atoms with Gasteiger partial charge in [0.15, 0.2) is 0 Å². The van der Waals surface area contributed by atoms with Crippen LogP contribution in [0, 0.1) is 17.0 Å². The van der Waals surface area contributed by atoms with E-state index in [9.17, 15) is 10.1 Å². The summed E-state index contributed by atoms with van der Waals surface area (Å²) < 4.78 is 0. The van der Waals surface area contributed by atoms with Crippen molar-refractivity contribution in [3.63, 3.8) is 0 Å². The molecule has 1 N–H and O–H groups in total. The first-order valence-corrected chi connectivity index (χ1v) is 4.75. The van der Waals surface area contributed by atoms with Crippen molar-refractivity contribution in [1.29, 1.82) is 0 Å². The van der Waals surface area contributed by atoms with E-state index in [1.807, 2.05) is 13.0 Å². The maximum atomic E-state index is 10.8. The van der Waals surface area contributed by atoms with Gasteiger partial charge in [-0.15, -0.1) is 6.58 Å². The van der Waals surface area contributed by atoms with Gasteiger partial charge in [-0.3, -0.25) is 10.1 Å². The summed E-state index contributed by atoms with van der Waals surface area (Å²) in [4.78, 5) is 10.4. The number of aryl methyl sites for hydroxylation is 1. The molecule has 0 aromatic heterocycles. The Labute approximate surface area is 88.8 Å². The molecule has 0 unspecified atom stereocenters. The minimum atomic E-state index is -0.372. The molecule has 0 atom stereocenters. The molecule has 0 saturated heterocycles. The molecule has 0 heterocycles. The Kier molecular flexibility index (Phi) is 3.85. The summed E-state index contributed by atoms with van der Waals surface area (Å²) >= 11 is 0. The van der Waals surface area contributed by atoms with E-state index in [1.165, 1.54) is 6.07 Å². The van der Waals surface area contributed by atoms with Crippen molar-refractivity contribution in [2.75, 3.05) is 11.9 Å². The summed E-state index contributed by atoms with van der Waals surface area (Å²) in [6, 6.07) is 5.04. The fourth-order valence-electron chi connectivity index (χ4n) is 1.33. The van der Waals surface area contributed by atoms with Crippen LogP contribution in [0.3, 0.4) is 0 Å². The van der Waals surface area contributed by atoms with Gasteiger partial charge in [-0.2, -0.15) is 0 Å². The topological polar surface area (TPSA) is 55.2 Å². The van der Waals surface area contributed by atoms with Crippen molar-refractivity contribution in [1.82, 2.24) is 0 Å². The lowest BCUT2D eigenvalue weighted by atomic mass is 10.1. The van der Waals surface area contributed by atoms with Crippen molar-refractivity contribution in [3.8, 4) is 0 Å². The highest BCUT2D eigenvalue weighted by Crippen LogP contribution is 2.27. The van der Waals surface area contributed by atoms with E-state index in [0.717, 1.165) is 12.0 Å². The third-order valence-electron chi connectivity index (χ3n) is 2.10. The van der Waals surface area contributed by atoms with E-state index < -0.39 is 0 Å². The number of nitrogens with one attached hydrogen (secondary N) is 1. The molecule has 0 radical (unpaired) electrons. The summed E-state index contributed by atoms with van der Waals surface area (Å²) in [6.45, 7) is 6.11. The molecule has 4 nitrogen and oxygen atoms in total. The molecular weight excluding hydrogens is 192 g/mol. The van der Waals surface area contributed by atoms with Crippen LogP contribution in [0.5, 0.6) is 0 Å². The molecule has 1 rings (SSSR count). The minimum Gasteiger partial charge on any atom is -0.379 e. The predicted octanol–water partition coefficient (Wildman–Crippen LogP) is 2.89. The number of anilines is 1. The lowest BCUT2D eigenvalue weighted by Gasteiger charge is -2.08. The second-order valence-electron chi connectivity index (χ2n) is 3.23. The van der Waals surface area contributed by atoms with Crippen LogP contribution in [0.2, 0.25) is 0 Å². The summed E-state index contributed by atoms with van der Waals surface area (Å²) in [5.41, 5.74) is 1.61. The summed E-state index contributed by atoms with van der Waals surface area (Å²) in [5, 5.41) is 13.8. The lowest BCUT2D eigenvalue weighted by Crippen LogP contribution is -2.05. The second-order valence-corrected chi connectivity index (χ2v) is 3.23. The van der Waals surface area contributed by atoms with Crippen molar-refractivity contribution in [3.05, 3.63) is 46.5 Å². The van der Waals surface area contributed by atoms with Gasteiger partial charge in [0.25, 0.3) is 5.69 Å². The fraction of sp³-hybridized carbons (Fsp3) is 0.273. The quantitative estimate of drug-likeness (QED) is 0.349. The first kappa shape index (κ1) is 11.2. The van der Waals surface area contributed by atoms with Crippen molar-refractivity contribution in [2.45, 2.75) is 13.3 Å². The standard InChI is InChI=1S/C11H14N2O2/c1-3-4-8-12-11-9(2)6-5-7-10(11)13(14)15/h3,5-7,12H,1,4,8H2,2H3. The largest absolute Gasteiger partial charge is 0.379 e. The molecule has 15 heavy (non-hydrogen) atoms. The van der Waals surface area contributed by atoms with E-state index in [2.05, 4.69) is 11.9 Å². The first-order valence-electron chi connectivity index (χ1n) is 4.75. The van der Waals surface area contributed by atoms with Gasteiger partial charge in [0.05, 0.1) is 4.92 Å². The zero-order valence-corrected chi connectivity index (χ0v) is 8.69. The molecular formula is C11H14N2O2. The van der Waals surface area contributed by atoms with Gasteiger partial charge in [-0.05, 0) is 18.9 Å². The van der Waals surface area contributed by atoms with Gasteiger partial charge in [-0.25, -0.2) is 0 Å². The predicted molar refractivity (Wildman–Crippen MR) is 61.1 cm³/mol. The molecule has 0 aliphatic heterocycles. The number of nitro groups is 1. The highest BCUT2D eigenvalue weighted by Gasteiger charge is 2.14. The van der Waals surface area contributed by atoms with Crippen molar-refractivity contribution >= 4 is 11.4 Å². The Morgan fingerprint density at radius 3 is 2.93 bits per heavy atom. The zero-order chi connectivity index (χ0) is 11.3. The SMILES string of the molecule is C=CCCNc1c(C)cccc1[N+](=O)[O-]. The highest BCUT2D eigenvalue weighted by atomic mass is 16.6. The normalized spacial score (nSPS) is 9.67. The number of hydrogen-bond acceptors (Lipinski definition) is 3. The summed E-state index contributed by atoms with van der Waals surface area (Å²) in [7, 11) is 0. The van der Waals surface area contributed by atoms with E-state index >= 15 is 0 Å². The van der Waals surface area contributed by atoms with Crippen molar-refractivity contribution in [2.24, 2.45) is 0 Å². The van der Waals surface area contributed by atoms with Crippen LogP contribution in [0.1, 0.15) is 12.0 Å². The Hall–Kier alpha value is -1.84. The number of nitrogens with zero attached hydrogens (tertiary/aromatic N) is 1. The number of hydrogen-bond donors (Lipinski definition) is 1. The third-order valence-corrected chi connectivity index (χ3v) is 2.10. The monoisotopic (exact) mass is 206 g/mol. The van der Waals surface area contributed by atoms with Gasteiger partial charge < -0.3 is 5.32 Å². The highest BCUT2D eigenvalue weighted by molar-refractivity contribution is 5.65. The van der Waals surface area contributed by atoms with E-state index in [1.54, 1.807) is 12.1 Å². The summed E-state index contributed by atoms with van der Waals surface area (Å²) in [5.74, 6) is 0. The van der Waals surface area contributed by atoms with E-state index in [-0.39, 0.29) is 10.6 Å². The molecule has 1 aromatic rings. The number of para-hydroxylation sites is 1. The summed E-state index contributed by atoms with van der Waals surface area (Å²) in [6.07, 6.45) is 2.56. The van der Waals surface area contributed by atoms with Gasteiger partial charge in [0.2, 0.25) is 0 Å². The zero-order valence-electron chi connectivity index (χ0n) is 8.69. The number of benzene rings is 1. The smallest absolute Gasteiger partial charge is 0.292 e. The van der Waals surface area contributed by atoms with E-state index in [0.29, 0.717) is 12.2 Å². The average molecular weight is 206 g/mol. The molecule has 80 valence electrons. The van der Waals surface area contributed by atoms with Gasteiger partial charge in [0, 0.05) is 12.6 Å². The van der Waals surface area contributed by atoms with Crippen LogP contribution in [0.4, 0.5) is 11.4 Å². The number of nitro benzene ring substituents is 1. The van der Waals surface area contributed by atoms with E-state index in [4.69, 9.17) is 0 Å². The Morgan fingerprint density at radius 1 is 1.60 bits per heavy atom. The van der Waals surface area contributed by atoms with Gasteiger partial charge in [0.1, 0.15) is 5.69 Å². The molecule has 4 heteroatoms. The average Bonchev–Trinajstić information content (AvgIpc) is 2.20. The first-order chi connectivity index (χ1) is 7.16. The number of rotatable bonds is 5. The minimum absolute atomic E-state index is 0.124. The Balaban J connectivity index is 2.92. The Morgan fingerprint density at radius 2 is 2.33 bits per heavy atom.